The highest BCUT2D eigenvalue weighted by atomic mass is 15.2. The maximum Gasteiger partial charge on any atom is 0.0546 e. The van der Waals surface area contributed by atoms with Gasteiger partial charge in [0.05, 0.1) is 11.4 Å². The van der Waals surface area contributed by atoms with Crippen LogP contribution in [0.5, 0.6) is 0 Å². The second kappa shape index (κ2) is 20.7. The lowest BCUT2D eigenvalue weighted by Gasteiger charge is -2.32. The van der Waals surface area contributed by atoms with Crippen molar-refractivity contribution < 1.29 is 0 Å². The van der Waals surface area contributed by atoms with Crippen LogP contribution < -0.4 is 9.80 Å². The number of benzene rings is 12. The van der Waals surface area contributed by atoms with Crippen molar-refractivity contribution in [2.75, 3.05) is 9.80 Å². The molecule has 2 heteroatoms. The summed E-state index contributed by atoms with van der Waals surface area (Å²) in [7, 11) is 0. The first-order chi connectivity index (χ1) is 37.7. The molecule has 0 aromatic heterocycles. The topological polar surface area (TPSA) is 6.48 Å². The Labute approximate surface area is 456 Å². The molecule has 380 valence electrons. The summed E-state index contributed by atoms with van der Waals surface area (Å²) < 4.78 is 0. The second-order valence-corrected chi connectivity index (χ2v) is 21.3. The standard InChI is InChI=1S/C75H70N2/c1-9-49-36-48(8)37-64(39-49)76(62-30-28-52(12-4)54(14-6)44-62)72-46-70(60-26-24-56-20-16-18-22-58(56)42-60)66-33-35-69-73(77(63-31-29-53(13-5)55(15-7)45-63)65-40-50(10-2)38-51(11-3)41-65)47-71(67-32-34-68(72)74(66)75(67)69)61-27-25-57-21-17-19-23-59(57)43-61/h16-47H,9-15H2,1-8H3. The fourth-order valence-electron chi connectivity index (χ4n) is 12.7. The lowest BCUT2D eigenvalue weighted by atomic mass is 9.84. The Morgan fingerprint density at radius 2 is 0.688 bits per heavy atom. The van der Waals surface area contributed by atoms with E-state index in [1.165, 1.54) is 155 Å². The summed E-state index contributed by atoms with van der Waals surface area (Å²) in [5, 5.41) is 12.5. The summed E-state index contributed by atoms with van der Waals surface area (Å²) in [6, 6.07) is 75.5. The minimum atomic E-state index is 0.955. The molecule has 0 N–H and O–H groups in total. The van der Waals surface area contributed by atoms with E-state index in [-0.39, 0.29) is 0 Å². The minimum absolute atomic E-state index is 0.955. The van der Waals surface area contributed by atoms with Gasteiger partial charge in [0.25, 0.3) is 0 Å². The van der Waals surface area contributed by atoms with E-state index in [1.807, 2.05) is 0 Å². The molecule has 0 unspecified atom stereocenters. The molecule has 0 bridgehead atoms. The molecule has 0 saturated heterocycles. The SMILES string of the molecule is CCc1cc(C)cc(N(c2ccc(CC)c(CC)c2)c2cc(-c3ccc4ccccc4c3)c3ccc4c(N(c5cc(CC)cc(CC)c5)c5ccc(CC)c(CC)c5)cc(-c5ccc6ccccc6c5)c5ccc2c3c54)c1. The first-order valence-corrected chi connectivity index (χ1v) is 28.6. The number of fused-ring (bicyclic) bond motifs is 2. The molecule has 0 amide bonds. The molecule has 77 heavy (non-hydrogen) atoms. The van der Waals surface area contributed by atoms with E-state index >= 15 is 0 Å². The molecule has 12 rings (SSSR count). The third-order valence-corrected chi connectivity index (χ3v) is 16.8. The van der Waals surface area contributed by atoms with Crippen LogP contribution in [0.25, 0.3) is 76.1 Å². The highest BCUT2D eigenvalue weighted by Gasteiger charge is 2.27. The number of aryl methyl sites for hydroxylation is 8. The van der Waals surface area contributed by atoms with Gasteiger partial charge in [-0.2, -0.15) is 0 Å². The van der Waals surface area contributed by atoms with Crippen LogP contribution in [0.15, 0.2) is 194 Å². The number of nitrogens with zero attached hydrogens (tertiary/aromatic N) is 2. The number of hydrogen-bond donors (Lipinski definition) is 0. The van der Waals surface area contributed by atoms with Gasteiger partial charge < -0.3 is 9.80 Å². The molecule has 0 aliphatic rings. The lowest BCUT2D eigenvalue weighted by molar-refractivity contribution is 1.03. The summed E-state index contributed by atoms with van der Waals surface area (Å²) in [4.78, 5) is 5.19. The first kappa shape index (κ1) is 49.7. The van der Waals surface area contributed by atoms with Crippen molar-refractivity contribution in [1.29, 1.82) is 0 Å². The van der Waals surface area contributed by atoms with Crippen molar-refractivity contribution in [3.8, 4) is 22.3 Å². The zero-order valence-corrected chi connectivity index (χ0v) is 46.3. The van der Waals surface area contributed by atoms with Gasteiger partial charge >= 0.3 is 0 Å². The van der Waals surface area contributed by atoms with Gasteiger partial charge in [-0.25, -0.2) is 0 Å². The Morgan fingerprint density at radius 1 is 0.286 bits per heavy atom. The van der Waals surface area contributed by atoms with E-state index in [9.17, 15) is 0 Å². The van der Waals surface area contributed by atoms with Crippen LogP contribution in [-0.4, -0.2) is 0 Å². The fraction of sp³-hybridized carbons (Fsp3) is 0.200. The monoisotopic (exact) mass is 999 g/mol. The maximum atomic E-state index is 2.60. The predicted molar refractivity (Wildman–Crippen MR) is 336 cm³/mol. The van der Waals surface area contributed by atoms with Crippen LogP contribution in [0.2, 0.25) is 0 Å². The largest absolute Gasteiger partial charge is 0.310 e. The minimum Gasteiger partial charge on any atom is -0.310 e. The normalized spacial score (nSPS) is 11.7. The smallest absolute Gasteiger partial charge is 0.0546 e. The number of hydrogen-bond acceptors (Lipinski definition) is 2. The Morgan fingerprint density at radius 3 is 1.12 bits per heavy atom. The van der Waals surface area contributed by atoms with E-state index in [1.54, 1.807) is 0 Å². The van der Waals surface area contributed by atoms with Crippen LogP contribution in [0, 0.1) is 6.92 Å². The third-order valence-electron chi connectivity index (χ3n) is 16.8. The van der Waals surface area contributed by atoms with Crippen molar-refractivity contribution in [1.82, 2.24) is 0 Å². The molecule has 12 aromatic rings. The van der Waals surface area contributed by atoms with E-state index in [4.69, 9.17) is 0 Å². The Balaban J connectivity index is 1.27. The van der Waals surface area contributed by atoms with Crippen LogP contribution in [0.4, 0.5) is 34.1 Å². The maximum absolute atomic E-state index is 2.60. The highest BCUT2D eigenvalue weighted by molar-refractivity contribution is 6.32. The Hall–Kier alpha value is -8.20. The van der Waals surface area contributed by atoms with Crippen LogP contribution in [-0.2, 0) is 44.9 Å². The van der Waals surface area contributed by atoms with E-state index in [2.05, 4.69) is 259 Å². The summed E-state index contributed by atoms with van der Waals surface area (Å²) in [5.41, 5.74) is 22.9. The second-order valence-electron chi connectivity index (χ2n) is 21.3. The van der Waals surface area contributed by atoms with Crippen molar-refractivity contribution >= 4 is 88.0 Å². The molecule has 12 aromatic carbocycles. The van der Waals surface area contributed by atoms with Gasteiger partial charge in [-0.15, -0.1) is 0 Å². The zero-order valence-electron chi connectivity index (χ0n) is 46.3. The summed E-state index contributed by atoms with van der Waals surface area (Å²) >= 11 is 0. The predicted octanol–water partition coefficient (Wildman–Crippen LogP) is 21.4. The van der Waals surface area contributed by atoms with Gasteiger partial charge in [0.2, 0.25) is 0 Å². The van der Waals surface area contributed by atoms with E-state index in [0.717, 1.165) is 44.9 Å². The average molecular weight is 999 g/mol. The zero-order chi connectivity index (χ0) is 52.9. The Bertz CT molecular complexity index is 4170. The molecule has 0 aliphatic heterocycles. The van der Waals surface area contributed by atoms with E-state index < -0.39 is 0 Å². The molecule has 0 atom stereocenters. The molecule has 0 radical (unpaired) electrons. The van der Waals surface area contributed by atoms with Gasteiger partial charge in [0.15, 0.2) is 0 Å². The van der Waals surface area contributed by atoms with Gasteiger partial charge in [-0.3, -0.25) is 0 Å². The van der Waals surface area contributed by atoms with Crippen molar-refractivity contribution in [3.05, 3.63) is 239 Å². The van der Waals surface area contributed by atoms with Gasteiger partial charge in [0.1, 0.15) is 0 Å². The molecule has 0 heterocycles. The fourth-order valence-corrected chi connectivity index (χ4v) is 12.7. The molecule has 0 saturated carbocycles. The molecule has 0 aliphatic carbocycles. The van der Waals surface area contributed by atoms with Gasteiger partial charge in [-0.1, -0.05) is 170 Å². The van der Waals surface area contributed by atoms with Crippen molar-refractivity contribution in [3.63, 3.8) is 0 Å². The molecule has 0 fully saturated rings. The van der Waals surface area contributed by atoms with Gasteiger partial charge in [0, 0.05) is 44.3 Å². The van der Waals surface area contributed by atoms with Crippen LogP contribution >= 0.6 is 0 Å². The summed E-state index contributed by atoms with van der Waals surface area (Å²) in [6.07, 6.45) is 6.83. The quantitative estimate of drug-likeness (QED) is 0.0945. The van der Waals surface area contributed by atoms with Crippen LogP contribution in [0.3, 0.4) is 0 Å². The average Bonchev–Trinajstić information content (AvgIpc) is 3.48. The molecular weight excluding hydrogens is 929 g/mol. The van der Waals surface area contributed by atoms with E-state index in [0.29, 0.717) is 0 Å². The number of rotatable bonds is 15. The van der Waals surface area contributed by atoms with Crippen LogP contribution in [0.1, 0.15) is 93.0 Å². The number of anilines is 6. The molecular formula is C75H70N2. The highest BCUT2D eigenvalue weighted by Crippen LogP contribution is 2.53. The lowest BCUT2D eigenvalue weighted by Crippen LogP contribution is -2.14. The Kier molecular flexibility index (Phi) is 13.4. The molecule has 2 nitrogen and oxygen atoms in total. The summed E-state index contributed by atoms with van der Waals surface area (Å²) in [5.74, 6) is 0. The molecule has 0 spiro atoms. The van der Waals surface area contributed by atoms with Gasteiger partial charge in [-0.05, 0) is 224 Å². The first-order valence-electron chi connectivity index (χ1n) is 28.6. The van der Waals surface area contributed by atoms with Crippen molar-refractivity contribution in [2.45, 2.75) is 100 Å². The van der Waals surface area contributed by atoms with Crippen molar-refractivity contribution in [2.24, 2.45) is 0 Å². The third kappa shape index (κ3) is 8.88. The summed E-state index contributed by atoms with van der Waals surface area (Å²) in [6.45, 7) is 18.3.